The summed E-state index contributed by atoms with van der Waals surface area (Å²) in [5.74, 6) is 0. The molecule has 0 aliphatic heterocycles. The first kappa shape index (κ1) is 7.89. The van der Waals surface area contributed by atoms with E-state index < -0.39 is 14.2 Å². The van der Waals surface area contributed by atoms with Crippen LogP contribution in [0.2, 0.25) is 5.02 Å². The van der Waals surface area contributed by atoms with Gasteiger partial charge in [0.2, 0.25) is 0 Å². The van der Waals surface area contributed by atoms with Crippen molar-refractivity contribution in [2.45, 2.75) is 0 Å². The minimum absolute atomic E-state index is 0.462. The SMILES string of the molecule is O=[Se](O)c1ccc(Cl)cc1. The van der Waals surface area contributed by atoms with Crippen molar-refractivity contribution in [2.75, 3.05) is 0 Å². The Balaban J connectivity index is 3.00. The first-order valence-corrected chi connectivity index (χ1v) is 5.26. The molecule has 0 amide bonds. The molecular formula is C6H5ClO2Se. The summed E-state index contributed by atoms with van der Waals surface area (Å²) >= 11 is 2.81. The van der Waals surface area contributed by atoms with E-state index in [2.05, 4.69) is 0 Å². The van der Waals surface area contributed by atoms with Crippen LogP contribution >= 0.6 is 11.6 Å². The van der Waals surface area contributed by atoms with Gasteiger partial charge in [-0.3, -0.25) is 0 Å². The Morgan fingerprint density at radius 1 is 1.30 bits per heavy atom. The molecule has 2 nitrogen and oxygen atoms in total. The van der Waals surface area contributed by atoms with Gasteiger partial charge in [-0.15, -0.1) is 0 Å². The number of hydrogen-bond acceptors (Lipinski definition) is 1. The van der Waals surface area contributed by atoms with Gasteiger partial charge in [0, 0.05) is 0 Å². The van der Waals surface area contributed by atoms with Crippen molar-refractivity contribution in [3.63, 3.8) is 0 Å². The molecule has 10 heavy (non-hydrogen) atoms. The average molecular weight is 224 g/mol. The summed E-state index contributed by atoms with van der Waals surface area (Å²) in [6.07, 6.45) is 0. The molecule has 0 radical (unpaired) electrons. The number of hydrogen-bond donors (Lipinski definition) is 1. The van der Waals surface area contributed by atoms with Crippen LogP contribution in [0.5, 0.6) is 0 Å². The van der Waals surface area contributed by atoms with Crippen molar-refractivity contribution < 1.29 is 8.02 Å². The second kappa shape index (κ2) is 3.26. The van der Waals surface area contributed by atoms with Gasteiger partial charge in [-0.25, -0.2) is 0 Å². The Morgan fingerprint density at radius 2 is 1.80 bits per heavy atom. The molecule has 0 bridgehead atoms. The fraction of sp³-hybridized carbons (Fsp3) is 0. The van der Waals surface area contributed by atoms with Crippen molar-refractivity contribution in [1.29, 1.82) is 0 Å². The second-order valence-electron chi connectivity index (χ2n) is 1.70. The van der Waals surface area contributed by atoms with E-state index in [0.29, 0.717) is 9.48 Å². The van der Waals surface area contributed by atoms with Gasteiger partial charge in [0.25, 0.3) is 0 Å². The number of rotatable bonds is 1. The van der Waals surface area contributed by atoms with E-state index >= 15 is 0 Å². The van der Waals surface area contributed by atoms with Crippen molar-refractivity contribution >= 4 is 30.2 Å². The van der Waals surface area contributed by atoms with Gasteiger partial charge < -0.3 is 0 Å². The van der Waals surface area contributed by atoms with Gasteiger partial charge in [-0.1, -0.05) is 0 Å². The van der Waals surface area contributed by atoms with Gasteiger partial charge in [-0.05, 0) is 0 Å². The Labute approximate surface area is 67.9 Å². The average Bonchev–Trinajstić information content (AvgIpc) is 1.88. The van der Waals surface area contributed by atoms with E-state index in [0.717, 1.165) is 0 Å². The Bertz CT molecular complexity index is 244. The zero-order chi connectivity index (χ0) is 7.56. The third-order valence-electron chi connectivity index (χ3n) is 1.02. The molecule has 1 aromatic rings. The van der Waals surface area contributed by atoms with Gasteiger partial charge in [0.05, 0.1) is 0 Å². The van der Waals surface area contributed by atoms with E-state index in [1.54, 1.807) is 24.3 Å². The second-order valence-corrected chi connectivity index (χ2v) is 4.17. The molecule has 0 heterocycles. The summed E-state index contributed by atoms with van der Waals surface area (Å²) in [6.45, 7) is 0. The Hall–Kier alpha value is -0.211. The predicted octanol–water partition coefficient (Wildman–Crippen LogP) is 0.458. The van der Waals surface area contributed by atoms with Crippen LogP contribution in [0.15, 0.2) is 24.3 Å². The maximum atomic E-state index is 10.5. The van der Waals surface area contributed by atoms with Crippen LogP contribution in [0.4, 0.5) is 0 Å². The van der Waals surface area contributed by atoms with E-state index in [-0.39, 0.29) is 0 Å². The van der Waals surface area contributed by atoms with Crippen molar-refractivity contribution in [2.24, 2.45) is 0 Å². The molecule has 0 aromatic heterocycles. The molecule has 0 spiro atoms. The van der Waals surface area contributed by atoms with Crippen LogP contribution in [0.3, 0.4) is 0 Å². The topological polar surface area (TPSA) is 37.3 Å². The molecular weight excluding hydrogens is 218 g/mol. The van der Waals surface area contributed by atoms with Gasteiger partial charge >= 0.3 is 67.5 Å². The molecule has 0 saturated carbocycles. The van der Waals surface area contributed by atoms with Crippen LogP contribution < -0.4 is 4.46 Å². The van der Waals surface area contributed by atoms with Gasteiger partial charge in [0.15, 0.2) is 0 Å². The number of benzene rings is 1. The third-order valence-corrected chi connectivity index (χ3v) is 2.68. The normalized spacial score (nSPS) is 13.0. The summed E-state index contributed by atoms with van der Waals surface area (Å²) in [4.78, 5) is 0. The molecule has 4 heteroatoms. The molecule has 1 atom stereocenters. The van der Waals surface area contributed by atoms with E-state index in [4.69, 9.17) is 15.8 Å². The number of halogens is 1. The Kier molecular flexibility index (Phi) is 2.57. The summed E-state index contributed by atoms with van der Waals surface area (Å²) in [7, 11) is 0. The van der Waals surface area contributed by atoms with E-state index in [1.165, 1.54) is 0 Å². The predicted molar refractivity (Wildman–Crippen MR) is 39.7 cm³/mol. The zero-order valence-electron chi connectivity index (χ0n) is 4.95. The fourth-order valence-electron chi connectivity index (χ4n) is 0.551. The Morgan fingerprint density at radius 3 is 2.20 bits per heavy atom. The van der Waals surface area contributed by atoms with Crippen LogP contribution in [-0.2, 0) is 3.83 Å². The maximum absolute atomic E-state index is 10.5. The molecule has 0 aliphatic carbocycles. The van der Waals surface area contributed by atoms with Crippen LogP contribution in [0, 0.1) is 0 Å². The molecule has 1 aromatic carbocycles. The first-order valence-electron chi connectivity index (χ1n) is 2.56. The molecule has 1 N–H and O–H groups in total. The first-order chi connectivity index (χ1) is 4.70. The summed E-state index contributed by atoms with van der Waals surface area (Å²) in [6, 6.07) is 6.31. The van der Waals surface area contributed by atoms with Crippen LogP contribution in [-0.4, -0.2) is 18.4 Å². The quantitative estimate of drug-likeness (QED) is 0.703. The molecule has 54 valence electrons. The standard InChI is InChI=1S/C6H5ClO2Se/c7-5-1-3-6(4-2-5)10(8)9/h1-4H,(H,8,9). The fourth-order valence-corrected chi connectivity index (χ4v) is 1.45. The van der Waals surface area contributed by atoms with Crippen LogP contribution in [0.1, 0.15) is 0 Å². The van der Waals surface area contributed by atoms with Crippen molar-refractivity contribution in [3.05, 3.63) is 29.3 Å². The van der Waals surface area contributed by atoms with Gasteiger partial charge in [-0.2, -0.15) is 0 Å². The minimum atomic E-state index is -2.74. The monoisotopic (exact) mass is 224 g/mol. The zero-order valence-corrected chi connectivity index (χ0v) is 7.42. The third kappa shape index (κ3) is 1.89. The van der Waals surface area contributed by atoms with Crippen molar-refractivity contribution in [3.8, 4) is 0 Å². The molecule has 1 unspecified atom stereocenters. The molecule has 0 saturated heterocycles. The van der Waals surface area contributed by atoms with E-state index in [9.17, 15) is 3.83 Å². The van der Waals surface area contributed by atoms with Crippen molar-refractivity contribution in [1.82, 2.24) is 0 Å². The van der Waals surface area contributed by atoms with Crippen LogP contribution in [0.25, 0.3) is 0 Å². The summed E-state index contributed by atoms with van der Waals surface area (Å²) < 4.78 is 19.6. The molecule has 0 fully saturated rings. The van der Waals surface area contributed by atoms with Gasteiger partial charge in [0.1, 0.15) is 0 Å². The molecule has 0 aliphatic rings. The summed E-state index contributed by atoms with van der Waals surface area (Å²) in [5.41, 5.74) is 0. The summed E-state index contributed by atoms with van der Waals surface area (Å²) in [5, 5.41) is 0.580. The van der Waals surface area contributed by atoms with E-state index in [1.807, 2.05) is 0 Å². The molecule has 1 rings (SSSR count).